The Morgan fingerprint density at radius 2 is 1.92 bits per heavy atom. The number of cyclic esters (lactones) is 1. The van der Waals surface area contributed by atoms with Gasteiger partial charge in [0.15, 0.2) is 0 Å². The van der Waals surface area contributed by atoms with Crippen LogP contribution in [0.1, 0.15) is 40.0 Å². The van der Waals surface area contributed by atoms with E-state index >= 15 is 0 Å². The van der Waals surface area contributed by atoms with Crippen LogP contribution in [0.25, 0.3) is 0 Å². The minimum Gasteiger partial charge on any atom is -0.467 e. The molecule has 2 heterocycles. The number of ether oxygens (including phenoxy) is 3. The summed E-state index contributed by atoms with van der Waals surface area (Å²) in [6.07, 6.45) is 0.582. The molecule has 0 spiro atoms. The van der Waals surface area contributed by atoms with Gasteiger partial charge >= 0.3 is 18.0 Å². The van der Waals surface area contributed by atoms with Crippen molar-refractivity contribution in [2.45, 2.75) is 63.8 Å². The van der Waals surface area contributed by atoms with Gasteiger partial charge in [-0.1, -0.05) is 0 Å². The van der Waals surface area contributed by atoms with Gasteiger partial charge in [-0.15, -0.1) is 0 Å². The molecular weight excluding hydrogens is 332 g/mol. The maximum absolute atomic E-state index is 12.9. The molecule has 140 valence electrons. The Hall–Kier alpha value is -2.32. The molecule has 0 radical (unpaired) electrons. The van der Waals surface area contributed by atoms with E-state index in [-0.39, 0.29) is 6.61 Å². The first kappa shape index (κ1) is 19.0. The summed E-state index contributed by atoms with van der Waals surface area (Å²) in [5.41, 5.74) is -0.739. The number of fused-ring (bicyclic) bond motifs is 1. The minimum atomic E-state index is -1.12. The van der Waals surface area contributed by atoms with Crippen LogP contribution in [0, 0.1) is 0 Å². The average Bonchev–Trinajstić information content (AvgIpc) is 2.64. The summed E-state index contributed by atoms with van der Waals surface area (Å²) in [6.45, 7) is 4.76. The normalized spacial score (nSPS) is 26.9. The minimum absolute atomic E-state index is 0.308. The van der Waals surface area contributed by atoms with E-state index in [0.29, 0.717) is 19.3 Å². The van der Waals surface area contributed by atoms with Gasteiger partial charge in [-0.3, -0.25) is 4.79 Å². The first-order chi connectivity index (χ1) is 11.6. The predicted octanol–water partition coefficient (Wildman–Crippen LogP) is 0.359. The molecule has 3 atom stereocenters. The number of rotatable bonds is 2. The zero-order valence-electron chi connectivity index (χ0n) is 14.9. The van der Waals surface area contributed by atoms with E-state index in [1.54, 1.807) is 20.8 Å². The molecule has 2 amide bonds. The lowest BCUT2D eigenvalue weighted by Gasteiger charge is -2.38. The van der Waals surface area contributed by atoms with Crippen molar-refractivity contribution < 1.29 is 33.4 Å². The number of hydrogen-bond acceptors (Lipinski definition) is 7. The Bertz CT molecular complexity index is 569. The van der Waals surface area contributed by atoms with Crippen LogP contribution >= 0.6 is 0 Å². The number of esters is 2. The van der Waals surface area contributed by atoms with Gasteiger partial charge in [0.25, 0.3) is 0 Å². The summed E-state index contributed by atoms with van der Waals surface area (Å²) >= 11 is 0. The van der Waals surface area contributed by atoms with Gasteiger partial charge in [-0.2, -0.15) is 0 Å². The van der Waals surface area contributed by atoms with Crippen molar-refractivity contribution in [3.8, 4) is 0 Å². The second-order valence-electron chi connectivity index (χ2n) is 7.06. The Kier molecular flexibility index (Phi) is 5.54. The molecule has 2 fully saturated rings. The second-order valence-corrected chi connectivity index (χ2v) is 7.06. The van der Waals surface area contributed by atoms with E-state index in [1.807, 2.05) is 0 Å². The first-order valence-corrected chi connectivity index (χ1v) is 8.20. The molecule has 2 saturated heterocycles. The number of carbonyl (C=O) groups is 4. The monoisotopic (exact) mass is 356 g/mol. The van der Waals surface area contributed by atoms with Gasteiger partial charge < -0.3 is 24.4 Å². The van der Waals surface area contributed by atoms with Crippen LogP contribution in [0.15, 0.2) is 0 Å². The van der Waals surface area contributed by atoms with Crippen LogP contribution in [-0.4, -0.2) is 66.3 Å². The quantitative estimate of drug-likeness (QED) is 0.561. The third-order valence-electron chi connectivity index (χ3n) is 4.01. The SMILES string of the molecule is COC(=O)[C@@H]1CCC[C@@H]2C(=O)OC[C@H](NC(=O)OC(C)(C)C)C(=O)N21. The molecular formula is C16H24N2O7. The highest BCUT2D eigenvalue weighted by atomic mass is 16.6. The van der Waals surface area contributed by atoms with Crippen molar-refractivity contribution in [3.05, 3.63) is 0 Å². The van der Waals surface area contributed by atoms with Gasteiger partial charge in [0.05, 0.1) is 7.11 Å². The second kappa shape index (κ2) is 7.28. The number of nitrogens with one attached hydrogen (secondary N) is 1. The van der Waals surface area contributed by atoms with Gasteiger partial charge in [0.2, 0.25) is 5.91 Å². The zero-order chi connectivity index (χ0) is 18.8. The maximum Gasteiger partial charge on any atom is 0.408 e. The molecule has 2 aliphatic heterocycles. The third kappa shape index (κ3) is 4.40. The van der Waals surface area contributed by atoms with Crippen LogP contribution in [0.2, 0.25) is 0 Å². The number of nitrogens with zero attached hydrogens (tertiary/aromatic N) is 1. The first-order valence-electron chi connectivity index (χ1n) is 8.20. The number of hydrogen-bond donors (Lipinski definition) is 1. The van der Waals surface area contributed by atoms with Crippen molar-refractivity contribution in [2.75, 3.05) is 13.7 Å². The summed E-state index contributed by atoms with van der Waals surface area (Å²) in [6, 6.07) is -2.84. The van der Waals surface area contributed by atoms with Crippen molar-refractivity contribution in [1.29, 1.82) is 0 Å². The van der Waals surface area contributed by atoms with Crippen LogP contribution in [0.3, 0.4) is 0 Å². The molecule has 1 N–H and O–H groups in total. The molecule has 0 aromatic heterocycles. The molecule has 2 rings (SSSR count). The van der Waals surface area contributed by atoms with Gasteiger partial charge in [0.1, 0.15) is 30.3 Å². The van der Waals surface area contributed by atoms with Gasteiger partial charge in [-0.05, 0) is 40.0 Å². The molecule has 0 saturated carbocycles. The summed E-state index contributed by atoms with van der Waals surface area (Å²) in [5, 5.41) is 2.41. The summed E-state index contributed by atoms with van der Waals surface area (Å²) < 4.78 is 15.0. The number of amides is 2. The van der Waals surface area contributed by atoms with Crippen molar-refractivity contribution >= 4 is 23.9 Å². The highest BCUT2D eigenvalue weighted by Crippen LogP contribution is 2.27. The van der Waals surface area contributed by atoms with E-state index in [1.165, 1.54) is 12.0 Å². The molecule has 0 bridgehead atoms. The molecule has 9 heteroatoms. The van der Waals surface area contributed by atoms with Crippen molar-refractivity contribution in [2.24, 2.45) is 0 Å². The van der Waals surface area contributed by atoms with E-state index in [2.05, 4.69) is 5.32 Å². The number of methoxy groups -OCH3 is 1. The van der Waals surface area contributed by atoms with Gasteiger partial charge in [0, 0.05) is 0 Å². The van der Waals surface area contributed by atoms with Gasteiger partial charge in [-0.25, -0.2) is 14.4 Å². The lowest BCUT2D eigenvalue weighted by molar-refractivity contribution is -0.162. The smallest absolute Gasteiger partial charge is 0.408 e. The van der Waals surface area contributed by atoms with Crippen molar-refractivity contribution in [3.63, 3.8) is 0 Å². The molecule has 0 aliphatic carbocycles. The lowest BCUT2D eigenvalue weighted by Crippen LogP contribution is -2.59. The highest BCUT2D eigenvalue weighted by Gasteiger charge is 2.47. The fraction of sp³-hybridized carbons (Fsp3) is 0.750. The Labute approximate surface area is 145 Å². The van der Waals surface area contributed by atoms with Crippen LogP contribution < -0.4 is 5.32 Å². The summed E-state index contributed by atoms with van der Waals surface area (Å²) in [4.78, 5) is 50.2. The van der Waals surface area contributed by atoms with Crippen LogP contribution in [0.4, 0.5) is 4.79 Å². The number of alkyl carbamates (subject to hydrolysis) is 1. The van der Waals surface area contributed by atoms with E-state index in [0.717, 1.165) is 0 Å². The fourth-order valence-electron chi connectivity index (χ4n) is 2.97. The number of carbonyl (C=O) groups excluding carboxylic acids is 4. The molecule has 2 aliphatic rings. The predicted molar refractivity (Wildman–Crippen MR) is 84.4 cm³/mol. The van der Waals surface area contributed by atoms with E-state index < -0.39 is 47.7 Å². The Morgan fingerprint density at radius 1 is 1.24 bits per heavy atom. The fourth-order valence-corrected chi connectivity index (χ4v) is 2.97. The average molecular weight is 356 g/mol. The summed E-state index contributed by atoms with van der Waals surface area (Å²) in [7, 11) is 1.23. The van der Waals surface area contributed by atoms with E-state index in [9.17, 15) is 19.2 Å². The maximum atomic E-state index is 12.9. The van der Waals surface area contributed by atoms with Crippen molar-refractivity contribution in [1.82, 2.24) is 10.2 Å². The summed E-state index contributed by atoms with van der Waals surface area (Å²) in [5.74, 6) is -1.74. The molecule has 0 unspecified atom stereocenters. The topological polar surface area (TPSA) is 111 Å². The van der Waals surface area contributed by atoms with Crippen LogP contribution in [-0.2, 0) is 28.6 Å². The zero-order valence-corrected chi connectivity index (χ0v) is 14.9. The molecule has 9 nitrogen and oxygen atoms in total. The number of piperidine rings is 1. The largest absolute Gasteiger partial charge is 0.467 e. The molecule has 0 aromatic rings. The van der Waals surface area contributed by atoms with Crippen LogP contribution in [0.5, 0.6) is 0 Å². The standard InChI is InChI=1S/C16H24N2O7/c1-16(2,3)25-15(22)17-9-8-24-14(21)11-7-5-6-10(13(20)23-4)18(11)12(9)19/h9-11H,5-8H2,1-4H3,(H,17,22)/t9-,10-,11+/m0/s1. The van der Waals surface area contributed by atoms with E-state index in [4.69, 9.17) is 14.2 Å². The lowest BCUT2D eigenvalue weighted by atomic mass is 9.95. The highest BCUT2D eigenvalue weighted by molar-refractivity contribution is 5.95. The Morgan fingerprint density at radius 3 is 2.52 bits per heavy atom. The molecule has 0 aromatic carbocycles. The molecule has 25 heavy (non-hydrogen) atoms. The third-order valence-corrected chi connectivity index (χ3v) is 4.01. The Balaban J connectivity index is 2.21.